The molecule has 15 heavy (non-hydrogen) atoms. The van der Waals surface area contributed by atoms with E-state index in [0.29, 0.717) is 3.57 Å². The SMILES string of the molecule is CCC1(Nc2nc[nH]c(=O)c2I)CCC1. The molecule has 0 bridgehead atoms. The molecule has 4 nitrogen and oxygen atoms in total. The molecule has 2 rings (SSSR count). The highest BCUT2D eigenvalue weighted by Crippen LogP contribution is 2.37. The lowest BCUT2D eigenvalue weighted by Crippen LogP contribution is -2.45. The number of hydrogen-bond acceptors (Lipinski definition) is 3. The molecule has 1 aliphatic rings. The number of aromatic amines is 1. The third kappa shape index (κ3) is 2.02. The number of nitrogens with one attached hydrogen (secondary N) is 2. The average Bonchev–Trinajstić information content (AvgIpc) is 2.18. The first kappa shape index (κ1) is 10.9. The Hall–Kier alpha value is -0.590. The molecule has 0 aliphatic heterocycles. The molecule has 82 valence electrons. The van der Waals surface area contributed by atoms with Crippen molar-refractivity contribution in [2.45, 2.75) is 38.1 Å². The van der Waals surface area contributed by atoms with Gasteiger partial charge in [0.25, 0.3) is 5.56 Å². The predicted molar refractivity (Wildman–Crippen MR) is 68.1 cm³/mol. The van der Waals surface area contributed by atoms with Crippen LogP contribution in [0.4, 0.5) is 5.82 Å². The van der Waals surface area contributed by atoms with Gasteiger partial charge >= 0.3 is 0 Å². The van der Waals surface area contributed by atoms with E-state index in [1.54, 1.807) is 0 Å². The van der Waals surface area contributed by atoms with Crippen LogP contribution in [0.15, 0.2) is 11.1 Å². The fourth-order valence-corrected chi connectivity index (χ4v) is 2.32. The number of aromatic nitrogens is 2. The number of halogens is 1. The first-order valence-corrected chi connectivity index (χ1v) is 6.26. The molecule has 0 unspecified atom stereocenters. The minimum atomic E-state index is -0.0707. The van der Waals surface area contributed by atoms with Crippen molar-refractivity contribution in [3.05, 3.63) is 20.3 Å². The van der Waals surface area contributed by atoms with Crippen LogP contribution >= 0.6 is 22.6 Å². The lowest BCUT2D eigenvalue weighted by molar-refractivity contribution is 0.268. The minimum Gasteiger partial charge on any atom is -0.364 e. The van der Waals surface area contributed by atoms with E-state index in [4.69, 9.17) is 0 Å². The van der Waals surface area contributed by atoms with Crippen LogP contribution in [0.2, 0.25) is 0 Å². The van der Waals surface area contributed by atoms with Crippen LogP contribution in [-0.2, 0) is 0 Å². The fourth-order valence-electron chi connectivity index (χ4n) is 1.89. The van der Waals surface area contributed by atoms with Crippen molar-refractivity contribution >= 4 is 28.4 Å². The molecule has 2 N–H and O–H groups in total. The van der Waals surface area contributed by atoms with Gasteiger partial charge in [0, 0.05) is 5.54 Å². The smallest absolute Gasteiger partial charge is 0.266 e. The van der Waals surface area contributed by atoms with E-state index in [1.165, 1.54) is 25.6 Å². The number of nitrogens with zero attached hydrogens (tertiary/aromatic N) is 1. The summed E-state index contributed by atoms with van der Waals surface area (Å²) >= 11 is 2.03. The van der Waals surface area contributed by atoms with E-state index < -0.39 is 0 Å². The van der Waals surface area contributed by atoms with E-state index in [2.05, 4.69) is 22.2 Å². The van der Waals surface area contributed by atoms with E-state index in [0.717, 1.165) is 12.2 Å². The minimum absolute atomic E-state index is 0.0707. The first-order valence-electron chi connectivity index (χ1n) is 5.18. The summed E-state index contributed by atoms with van der Waals surface area (Å²) < 4.78 is 0.648. The zero-order valence-electron chi connectivity index (χ0n) is 8.64. The van der Waals surface area contributed by atoms with Gasteiger partial charge in [-0.15, -0.1) is 0 Å². The highest BCUT2D eigenvalue weighted by atomic mass is 127. The molecule has 5 heteroatoms. The Kier molecular flexibility index (Phi) is 2.99. The van der Waals surface area contributed by atoms with E-state index in [1.807, 2.05) is 22.6 Å². The second-order valence-corrected chi connectivity index (χ2v) is 5.09. The first-order chi connectivity index (χ1) is 7.17. The average molecular weight is 319 g/mol. The van der Waals surface area contributed by atoms with Gasteiger partial charge in [-0.3, -0.25) is 4.79 Å². The number of rotatable bonds is 3. The summed E-state index contributed by atoms with van der Waals surface area (Å²) in [6.07, 6.45) is 6.15. The summed E-state index contributed by atoms with van der Waals surface area (Å²) in [4.78, 5) is 18.1. The Morgan fingerprint density at radius 3 is 2.93 bits per heavy atom. The van der Waals surface area contributed by atoms with E-state index >= 15 is 0 Å². The van der Waals surface area contributed by atoms with Crippen LogP contribution in [0.3, 0.4) is 0 Å². The molecular formula is C10H14IN3O. The highest BCUT2D eigenvalue weighted by Gasteiger charge is 2.35. The third-order valence-electron chi connectivity index (χ3n) is 3.17. The van der Waals surface area contributed by atoms with Crippen molar-refractivity contribution in [2.24, 2.45) is 0 Å². The monoisotopic (exact) mass is 319 g/mol. The van der Waals surface area contributed by atoms with Crippen LogP contribution in [0.5, 0.6) is 0 Å². The quantitative estimate of drug-likeness (QED) is 0.839. The lowest BCUT2D eigenvalue weighted by Gasteiger charge is -2.42. The van der Waals surface area contributed by atoms with Gasteiger partial charge in [-0.05, 0) is 48.3 Å². The number of H-pyrrole nitrogens is 1. The molecule has 0 saturated heterocycles. The zero-order chi connectivity index (χ0) is 10.9. The summed E-state index contributed by atoms with van der Waals surface area (Å²) in [5.74, 6) is 0.723. The summed E-state index contributed by atoms with van der Waals surface area (Å²) in [6, 6.07) is 0. The van der Waals surface area contributed by atoms with Crippen LogP contribution < -0.4 is 10.9 Å². The molecule has 1 saturated carbocycles. The molecular weight excluding hydrogens is 305 g/mol. The van der Waals surface area contributed by atoms with E-state index in [-0.39, 0.29) is 11.1 Å². The van der Waals surface area contributed by atoms with E-state index in [9.17, 15) is 4.79 Å². The normalized spacial score (nSPS) is 18.3. The topological polar surface area (TPSA) is 57.8 Å². The van der Waals surface area contributed by atoms with Gasteiger partial charge in [-0.1, -0.05) is 6.92 Å². The molecule has 0 atom stereocenters. The largest absolute Gasteiger partial charge is 0.364 e. The zero-order valence-corrected chi connectivity index (χ0v) is 10.8. The molecule has 1 aliphatic carbocycles. The van der Waals surface area contributed by atoms with Crippen molar-refractivity contribution < 1.29 is 0 Å². The summed E-state index contributed by atoms with van der Waals surface area (Å²) in [5.41, 5.74) is 0.111. The lowest BCUT2D eigenvalue weighted by atomic mass is 9.75. The second kappa shape index (κ2) is 4.11. The maximum atomic E-state index is 11.4. The molecule has 1 aromatic rings. The molecule has 1 fully saturated rings. The second-order valence-electron chi connectivity index (χ2n) is 4.01. The highest BCUT2D eigenvalue weighted by molar-refractivity contribution is 14.1. The van der Waals surface area contributed by atoms with Crippen molar-refractivity contribution in [1.29, 1.82) is 0 Å². The van der Waals surface area contributed by atoms with Gasteiger partial charge in [-0.2, -0.15) is 0 Å². The Bertz CT molecular complexity index is 406. The maximum absolute atomic E-state index is 11.4. The molecule has 0 aromatic carbocycles. The molecule has 1 aromatic heterocycles. The van der Waals surface area contributed by atoms with Crippen molar-refractivity contribution in [2.75, 3.05) is 5.32 Å². The Labute approximate surface area is 102 Å². The third-order valence-corrected chi connectivity index (χ3v) is 4.17. The van der Waals surface area contributed by atoms with Crippen LogP contribution in [0, 0.1) is 3.57 Å². The molecule has 0 amide bonds. The standard InChI is InChI=1S/C10H14IN3O/c1-2-10(4-3-5-10)14-8-7(11)9(15)13-6-12-8/h6H,2-5H2,1H3,(H2,12,13,14,15). The van der Waals surface area contributed by atoms with Gasteiger partial charge in [0.05, 0.1) is 6.33 Å². The molecule has 0 spiro atoms. The van der Waals surface area contributed by atoms with Gasteiger partial charge in [-0.25, -0.2) is 4.98 Å². The van der Waals surface area contributed by atoms with Gasteiger partial charge in [0.2, 0.25) is 0 Å². The Balaban J connectivity index is 2.24. The number of hydrogen-bond donors (Lipinski definition) is 2. The van der Waals surface area contributed by atoms with Crippen LogP contribution in [-0.4, -0.2) is 15.5 Å². The Morgan fingerprint density at radius 1 is 1.67 bits per heavy atom. The number of anilines is 1. The van der Waals surface area contributed by atoms with Gasteiger partial charge in [0.15, 0.2) is 0 Å². The molecule has 1 heterocycles. The fraction of sp³-hybridized carbons (Fsp3) is 0.600. The van der Waals surface area contributed by atoms with Crippen LogP contribution in [0.1, 0.15) is 32.6 Å². The summed E-state index contributed by atoms with van der Waals surface area (Å²) in [6.45, 7) is 2.17. The van der Waals surface area contributed by atoms with Crippen LogP contribution in [0.25, 0.3) is 0 Å². The van der Waals surface area contributed by atoms with Crippen molar-refractivity contribution in [3.8, 4) is 0 Å². The predicted octanol–water partition coefficient (Wildman–Crippen LogP) is 2.12. The van der Waals surface area contributed by atoms with Gasteiger partial charge in [0.1, 0.15) is 9.39 Å². The summed E-state index contributed by atoms with van der Waals surface area (Å²) in [7, 11) is 0. The van der Waals surface area contributed by atoms with Crippen molar-refractivity contribution in [1.82, 2.24) is 9.97 Å². The Morgan fingerprint density at radius 2 is 2.40 bits per heavy atom. The van der Waals surface area contributed by atoms with Crippen molar-refractivity contribution in [3.63, 3.8) is 0 Å². The maximum Gasteiger partial charge on any atom is 0.266 e. The summed E-state index contributed by atoms with van der Waals surface area (Å²) in [5, 5.41) is 3.41. The van der Waals surface area contributed by atoms with Gasteiger partial charge < -0.3 is 10.3 Å². The molecule has 0 radical (unpaired) electrons.